The fraction of sp³-hybridized carbons (Fsp3) is 0.364. The Labute approximate surface area is 179 Å². The summed E-state index contributed by atoms with van der Waals surface area (Å²) in [7, 11) is 3.16. The maximum Gasteiger partial charge on any atom is 0.225 e. The maximum atomic E-state index is 13.2. The molecular formula is C22H24ClFN2O4. The number of hydrogen-bond acceptors (Lipinski definition) is 4. The fourth-order valence-corrected chi connectivity index (χ4v) is 3.65. The highest BCUT2D eigenvalue weighted by Crippen LogP contribution is 2.28. The van der Waals surface area contributed by atoms with Crippen LogP contribution in [-0.4, -0.2) is 44.0 Å². The SMILES string of the molecule is COc1ccc(CCN2C[C@H](C(=O)NCc3ccc(F)c(Cl)c3)CC2=O)cc1OC. The Morgan fingerprint density at radius 3 is 2.60 bits per heavy atom. The molecule has 0 aromatic heterocycles. The normalized spacial score (nSPS) is 15.9. The van der Waals surface area contributed by atoms with Crippen LogP contribution in [-0.2, 0) is 22.6 Å². The molecule has 1 saturated heterocycles. The number of ether oxygens (including phenoxy) is 2. The van der Waals surface area contributed by atoms with Crippen LogP contribution in [0.5, 0.6) is 11.5 Å². The fourth-order valence-electron chi connectivity index (χ4n) is 3.45. The van der Waals surface area contributed by atoms with Gasteiger partial charge in [-0.3, -0.25) is 9.59 Å². The zero-order chi connectivity index (χ0) is 21.7. The predicted octanol–water partition coefficient (Wildman–Crippen LogP) is 3.20. The number of methoxy groups -OCH3 is 2. The summed E-state index contributed by atoms with van der Waals surface area (Å²) in [6.45, 7) is 1.13. The first-order chi connectivity index (χ1) is 14.4. The number of halogens is 2. The van der Waals surface area contributed by atoms with Crippen molar-refractivity contribution in [1.29, 1.82) is 0 Å². The topological polar surface area (TPSA) is 67.9 Å². The molecular weight excluding hydrogens is 411 g/mol. The Bertz CT molecular complexity index is 937. The van der Waals surface area contributed by atoms with Gasteiger partial charge in [0.1, 0.15) is 5.82 Å². The average Bonchev–Trinajstić information content (AvgIpc) is 3.13. The second-order valence-electron chi connectivity index (χ2n) is 7.15. The van der Waals surface area contributed by atoms with E-state index in [4.69, 9.17) is 21.1 Å². The van der Waals surface area contributed by atoms with Crippen LogP contribution in [0.1, 0.15) is 17.5 Å². The van der Waals surface area contributed by atoms with Crippen molar-refractivity contribution in [2.75, 3.05) is 27.3 Å². The van der Waals surface area contributed by atoms with E-state index >= 15 is 0 Å². The number of hydrogen-bond donors (Lipinski definition) is 1. The number of carbonyl (C=O) groups is 2. The first-order valence-corrected chi connectivity index (χ1v) is 9.99. The lowest BCUT2D eigenvalue weighted by Crippen LogP contribution is -2.33. The Hall–Kier alpha value is -2.80. The second kappa shape index (κ2) is 9.80. The smallest absolute Gasteiger partial charge is 0.225 e. The third-order valence-corrected chi connectivity index (χ3v) is 5.44. The van der Waals surface area contributed by atoms with E-state index in [2.05, 4.69) is 5.32 Å². The Kier molecular flexibility index (Phi) is 7.15. The summed E-state index contributed by atoms with van der Waals surface area (Å²) in [4.78, 5) is 26.5. The zero-order valence-electron chi connectivity index (χ0n) is 16.9. The van der Waals surface area contributed by atoms with E-state index in [1.54, 1.807) is 25.2 Å². The molecule has 160 valence electrons. The summed E-state index contributed by atoms with van der Waals surface area (Å²) in [6.07, 6.45) is 0.830. The Morgan fingerprint density at radius 2 is 1.90 bits per heavy atom. The molecule has 1 atom stereocenters. The van der Waals surface area contributed by atoms with Crippen molar-refractivity contribution in [2.24, 2.45) is 5.92 Å². The standard InChI is InChI=1S/C22H24ClFN2O4/c1-29-19-6-4-14(10-20(19)30-2)7-8-26-13-16(11-21(26)27)22(28)25-12-15-3-5-18(24)17(23)9-15/h3-6,9-10,16H,7-8,11-13H2,1-2H3,(H,25,28)/t16-/m1/s1. The Balaban J connectivity index is 1.51. The summed E-state index contributed by atoms with van der Waals surface area (Å²) in [5.74, 6) is 0.147. The van der Waals surface area contributed by atoms with Gasteiger partial charge in [0.15, 0.2) is 11.5 Å². The van der Waals surface area contributed by atoms with E-state index < -0.39 is 11.7 Å². The van der Waals surface area contributed by atoms with E-state index in [1.807, 2.05) is 18.2 Å². The highest BCUT2D eigenvalue weighted by atomic mass is 35.5. The molecule has 0 spiro atoms. The molecule has 6 nitrogen and oxygen atoms in total. The molecule has 0 bridgehead atoms. The van der Waals surface area contributed by atoms with Crippen molar-refractivity contribution >= 4 is 23.4 Å². The van der Waals surface area contributed by atoms with E-state index in [0.29, 0.717) is 36.6 Å². The first-order valence-electron chi connectivity index (χ1n) is 9.61. The van der Waals surface area contributed by atoms with Crippen LogP contribution in [0.4, 0.5) is 4.39 Å². The van der Waals surface area contributed by atoms with Crippen LogP contribution in [0.15, 0.2) is 36.4 Å². The number of carbonyl (C=O) groups excluding carboxylic acids is 2. The predicted molar refractivity (Wildman–Crippen MR) is 111 cm³/mol. The van der Waals surface area contributed by atoms with Gasteiger partial charge in [-0.1, -0.05) is 23.7 Å². The van der Waals surface area contributed by atoms with E-state index in [-0.39, 0.29) is 29.8 Å². The summed E-state index contributed by atoms with van der Waals surface area (Å²) >= 11 is 5.76. The van der Waals surface area contributed by atoms with Gasteiger partial charge >= 0.3 is 0 Å². The molecule has 2 aromatic carbocycles. The van der Waals surface area contributed by atoms with Gasteiger partial charge in [-0.2, -0.15) is 0 Å². The number of benzene rings is 2. The largest absolute Gasteiger partial charge is 0.493 e. The minimum atomic E-state index is -0.502. The number of nitrogens with one attached hydrogen (secondary N) is 1. The quantitative estimate of drug-likeness (QED) is 0.692. The molecule has 1 aliphatic rings. The molecule has 1 heterocycles. The molecule has 0 unspecified atom stereocenters. The van der Waals surface area contributed by atoms with Crippen molar-refractivity contribution in [1.82, 2.24) is 10.2 Å². The van der Waals surface area contributed by atoms with Crippen molar-refractivity contribution in [3.05, 3.63) is 58.4 Å². The molecule has 8 heteroatoms. The van der Waals surface area contributed by atoms with Crippen LogP contribution < -0.4 is 14.8 Å². The van der Waals surface area contributed by atoms with Gasteiger partial charge < -0.3 is 19.7 Å². The molecule has 0 saturated carbocycles. The summed E-state index contributed by atoms with van der Waals surface area (Å²) in [6, 6.07) is 9.96. The number of rotatable bonds is 8. The van der Waals surface area contributed by atoms with Crippen molar-refractivity contribution in [3.8, 4) is 11.5 Å². The minimum Gasteiger partial charge on any atom is -0.493 e. The highest BCUT2D eigenvalue weighted by Gasteiger charge is 2.33. The van der Waals surface area contributed by atoms with Gasteiger partial charge in [-0.25, -0.2) is 4.39 Å². The molecule has 2 amide bonds. The van der Waals surface area contributed by atoms with Gasteiger partial charge in [0.2, 0.25) is 11.8 Å². The van der Waals surface area contributed by atoms with Crippen LogP contribution in [0.3, 0.4) is 0 Å². The minimum absolute atomic E-state index is 0.0131. The molecule has 0 radical (unpaired) electrons. The van der Waals surface area contributed by atoms with Gasteiger partial charge in [-0.05, 0) is 41.8 Å². The van der Waals surface area contributed by atoms with E-state index in [0.717, 1.165) is 5.56 Å². The third kappa shape index (κ3) is 5.21. The molecule has 2 aromatic rings. The molecule has 1 aliphatic heterocycles. The van der Waals surface area contributed by atoms with Gasteiger partial charge in [0.05, 0.1) is 25.2 Å². The summed E-state index contributed by atoms with van der Waals surface area (Å²) in [5.41, 5.74) is 1.71. The highest BCUT2D eigenvalue weighted by molar-refractivity contribution is 6.30. The molecule has 30 heavy (non-hydrogen) atoms. The summed E-state index contributed by atoms with van der Waals surface area (Å²) < 4.78 is 23.8. The Morgan fingerprint density at radius 1 is 1.17 bits per heavy atom. The molecule has 0 aliphatic carbocycles. The maximum absolute atomic E-state index is 13.2. The first kappa shape index (κ1) is 21.9. The number of amides is 2. The molecule has 1 N–H and O–H groups in total. The van der Waals surface area contributed by atoms with Crippen LogP contribution >= 0.6 is 11.6 Å². The average molecular weight is 435 g/mol. The van der Waals surface area contributed by atoms with Crippen molar-refractivity contribution < 1.29 is 23.5 Å². The van der Waals surface area contributed by atoms with Gasteiger partial charge in [0.25, 0.3) is 0 Å². The lowest BCUT2D eigenvalue weighted by atomic mass is 10.1. The molecule has 1 fully saturated rings. The third-order valence-electron chi connectivity index (χ3n) is 5.15. The van der Waals surface area contributed by atoms with Crippen molar-refractivity contribution in [3.63, 3.8) is 0 Å². The van der Waals surface area contributed by atoms with Crippen LogP contribution in [0.2, 0.25) is 5.02 Å². The van der Waals surface area contributed by atoms with E-state index in [1.165, 1.54) is 12.1 Å². The van der Waals surface area contributed by atoms with Gasteiger partial charge in [0, 0.05) is 26.1 Å². The zero-order valence-corrected chi connectivity index (χ0v) is 17.7. The number of likely N-dealkylation sites (tertiary alicyclic amines) is 1. The van der Waals surface area contributed by atoms with Gasteiger partial charge in [-0.15, -0.1) is 0 Å². The van der Waals surface area contributed by atoms with Crippen LogP contribution in [0.25, 0.3) is 0 Å². The second-order valence-corrected chi connectivity index (χ2v) is 7.55. The lowest BCUT2D eigenvalue weighted by molar-refractivity contribution is -0.129. The lowest BCUT2D eigenvalue weighted by Gasteiger charge is -2.17. The van der Waals surface area contributed by atoms with Crippen LogP contribution in [0, 0.1) is 11.7 Å². The monoisotopic (exact) mass is 434 g/mol. The van der Waals surface area contributed by atoms with Crippen molar-refractivity contribution in [2.45, 2.75) is 19.4 Å². The molecule has 3 rings (SSSR count). The summed E-state index contributed by atoms with van der Waals surface area (Å²) in [5, 5.41) is 2.81. The van der Waals surface area contributed by atoms with E-state index in [9.17, 15) is 14.0 Å². The number of nitrogens with zero attached hydrogens (tertiary/aromatic N) is 1.